The van der Waals surface area contributed by atoms with Gasteiger partial charge in [-0.15, -0.1) is 13.0 Å². The molecule has 0 heterocycles. The highest BCUT2D eigenvalue weighted by Gasteiger charge is 2.53. The zero-order valence-corrected chi connectivity index (χ0v) is 13.4. The van der Waals surface area contributed by atoms with Crippen LogP contribution in [0.3, 0.4) is 0 Å². The molecule has 0 bridgehead atoms. The van der Waals surface area contributed by atoms with E-state index in [0.717, 1.165) is 13.0 Å². The first-order valence-electron chi connectivity index (χ1n) is 5.77. The lowest BCUT2D eigenvalue weighted by Gasteiger charge is -2.33. The van der Waals surface area contributed by atoms with Crippen LogP contribution in [0.2, 0.25) is 0 Å². The van der Waals surface area contributed by atoms with E-state index in [1.54, 1.807) is 0 Å². The maximum absolute atomic E-state index is 12.5. The van der Waals surface area contributed by atoms with E-state index in [9.17, 15) is 48.0 Å². The average Bonchev–Trinajstić information content (AvgIpc) is 2.32. The molecule has 1 atom stereocenters. The molecule has 0 aromatic rings. The summed E-state index contributed by atoms with van der Waals surface area (Å²) in [4.78, 5) is 11.1. The quantitative estimate of drug-likeness (QED) is 0.279. The van der Waals surface area contributed by atoms with Gasteiger partial charge >= 0.3 is 17.0 Å². The van der Waals surface area contributed by atoms with Crippen LogP contribution in [0.15, 0.2) is 12.7 Å². The summed E-state index contributed by atoms with van der Waals surface area (Å²) in [6.45, 7) is 3.85. The minimum atomic E-state index is -6.83. The second-order valence-corrected chi connectivity index (χ2v) is 8.45. The van der Waals surface area contributed by atoms with Gasteiger partial charge in [-0.1, -0.05) is 10.7 Å². The van der Waals surface area contributed by atoms with Crippen LogP contribution in [0.4, 0.5) is 26.3 Å². The molecular weight excluding hydrogens is 394 g/mol. The number of esters is 1. The van der Waals surface area contributed by atoms with Crippen molar-refractivity contribution in [3.8, 4) is 0 Å². The third-order valence-electron chi connectivity index (χ3n) is 2.31. The van der Waals surface area contributed by atoms with Crippen molar-refractivity contribution in [2.45, 2.75) is 36.9 Å². The van der Waals surface area contributed by atoms with Crippen molar-refractivity contribution in [2.75, 3.05) is 0 Å². The lowest BCUT2D eigenvalue weighted by molar-refractivity contribution is -0.147. The van der Waals surface area contributed by atoms with E-state index in [1.807, 2.05) is 0 Å². The minimum Gasteiger partial charge on any atom is -0.465 e. The highest BCUT2D eigenvalue weighted by molar-refractivity contribution is 8.13. The number of carbonyl (C=O) groups excluding carboxylic acids is 1. The topological polar surface area (TPSA) is 94.6 Å². The van der Waals surface area contributed by atoms with E-state index in [-0.39, 0.29) is 0 Å². The minimum absolute atomic E-state index is 0.474. The maximum atomic E-state index is 12.5. The van der Waals surface area contributed by atoms with Crippen LogP contribution in [0.1, 0.15) is 19.8 Å². The van der Waals surface area contributed by atoms with Gasteiger partial charge in [0.25, 0.3) is 0 Å². The Morgan fingerprint density at radius 2 is 1.46 bits per heavy atom. The van der Waals surface area contributed by atoms with Crippen molar-refractivity contribution in [1.29, 1.82) is 0 Å². The van der Waals surface area contributed by atoms with E-state index in [1.165, 1.54) is 0 Å². The van der Waals surface area contributed by atoms with Crippen LogP contribution in [-0.4, -0.2) is 39.9 Å². The third-order valence-corrected chi connectivity index (χ3v) is 6.37. The molecule has 0 rings (SSSR count). The van der Waals surface area contributed by atoms with Crippen LogP contribution in [0.25, 0.3) is 0 Å². The molecule has 0 aliphatic heterocycles. The van der Waals surface area contributed by atoms with Gasteiger partial charge in [0.15, 0.2) is 0 Å². The summed E-state index contributed by atoms with van der Waals surface area (Å²) in [5.41, 5.74) is -12.6. The molecule has 0 amide bonds. The van der Waals surface area contributed by atoms with Crippen molar-refractivity contribution in [3.05, 3.63) is 17.2 Å². The molecule has 0 spiro atoms. The molecule has 1 unspecified atom stereocenters. The molecule has 6 nitrogen and oxygen atoms in total. The van der Waals surface area contributed by atoms with E-state index >= 15 is 0 Å². The molecule has 0 aliphatic rings. The van der Waals surface area contributed by atoms with Crippen molar-refractivity contribution in [3.63, 3.8) is 0 Å². The molecule has 0 aliphatic carbocycles. The van der Waals surface area contributed by atoms with Crippen LogP contribution >= 0.6 is 0 Å². The predicted octanol–water partition coefficient (Wildman–Crippen LogP) is 2.24. The fourth-order valence-corrected chi connectivity index (χ4v) is 4.44. The van der Waals surface area contributed by atoms with Gasteiger partial charge < -0.3 is 4.74 Å². The van der Waals surface area contributed by atoms with Gasteiger partial charge in [0.2, 0.25) is 0 Å². The summed E-state index contributed by atoms with van der Waals surface area (Å²) in [5.74, 6) is -1.15. The number of rotatable bonds is 7. The molecule has 14 heteroatoms. The number of hydrogen-bond acceptors (Lipinski definition) is 6. The van der Waals surface area contributed by atoms with Crippen LogP contribution in [0.5, 0.6) is 0 Å². The summed E-state index contributed by atoms with van der Waals surface area (Å²) in [6.07, 6.45) is -3.19. The molecule has 0 saturated heterocycles. The highest BCUT2D eigenvalue weighted by atomic mass is 32.3. The van der Waals surface area contributed by atoms with Gasteiger partial charge in [0.1, 0.15) is 19.7 Å². The zero-order valence-electron chi connectivity index (χ0n) is 11.8. The van der Waals surface area contributed by atoms with Crippen LogP contribution in [-0.2, 0) is 29.2 Å². The molecule has 24 heavy (non-hydrogen) atoms. The maximum Gasteiger partial charge on any atom is 0.469 e. The number of alkyl halides is 6. The first-order chi connectivity index (χ1) is 10.5. The largest absolute Gasteiger partial charge is 0.469 e. The van der Waals surface area contributed by atoms with Crippen LogP contribution in [0, 0.1) is 4.58 Å². The van der Waals surface area contributed by atoms with Crippen molar-refractivity contribution < 1.29 is 52.7 Å². The number of carbonyl (C=O) groups is 1. The van der Waals surface area contributed by atoms with E-state index < -0.39 is 60.2 Å². The summed E-state index contributed by atoms with van der Waals surface area (Å²) in [7, 11) is -13.7. The normalized spacial score (nSPS) is 15.2. The van der Waals surface area contributed by atoms with Gasteiger partial charge in [-0.05, 0) is 6.92 Å². The molecular formula is C10H11F6O6S2-. The first-order valence-corrected chi connectivity index (χ1v) is 8.74. The second kappa shape index (κ2) is 7.29. The number of halogens is 6. The number of sulfone groups is 2. The lowest BCUT2D eigenvalue weighted by Crippen LogP contribution is -2.41. The summed E-state index contributed by atoms with van der Waals surface area (Å²) < 4.78 is 121. The average molecular weight is 405 g/mol. The summed E-state index contributed by atoms with van der Waals surface area (Å²) in [6, 6.07) is 0. The Morgan fingerprint density at radius 3 is 1.75 bits per heavy atom. The van der Waals surface area contributed by atoms with E-state index in [2.05, 4.69) is 11.3 Å². The Labute approximate surface area is 133 Å². The molecule has 0 saturated carbocycles. The Morgan fingerprint density at radius 1 is 1.08 bits per heavy atom. The number of ether oxygens (including phenoxy) is 1. The predicted molar refractivity (Wildman–Crippen MR) is 68.2 cm³/mol. The molecule has 0 aromatic heterocycles. The summed E-state index contributed by atoms with van der Waals surface area (Å²) in [5, 5.41) is 0. The second-order valence-electron chi connectivity index (χ2n) is 4.27. The standard InChI is InChI=1S/C10H11F6O6S2/c1-3-4-7(17)22-6(2)5-8(23(18,19)9(11,12)13)24(20,21)10(14,15)16/h3,6H,1,4-5H2,2H3/q-1. The van der Waals surface area contributed by atoms with E-state index in [4.69, 9.17) is 0 Å². The molecule has 0 N–H and O–H groups in total. The van der Waals surface area contributed by atoms with Crippen molar-refractivity contribution in [1.82, 2.24) is 0 Å². The van der Waals surface area contributed by atoms with Gasteiger partial charge in [-0.3, -0.25) is 21.6 Å². The Hall–Kier alpha value is -1.31. The molecule has 0 radical (unpaired) electrons. The number of hydrogen-bond donors (Lipinski definition) is 0. The highest BCUT2D eigenvalue weighted by Crippen LogP contribution is 2.43. The third kappa shape index (κ3) is 5.09. The zero-order chi connectivity index (χ0) is 19.6. The van der Waals surface area contributed by atoms with Crippen LogP contribution < -0.4 is 0 Å². The van der Waals surface area contributed by atoms with E-state index in [0.29, 0.717) is 0 Å². The van der Waals surface area contributed by atoms with Gasteiger partial charge in [0, 0.05) is 0 Å². The molecule has 0 fully saturated rings. The van der Waals surface area contributed by atoms with Gasteiger partial charge in [-0.2, -0.15) is 26.3 Å². The molecule has 142 valence electrons. The van der Waals surface area contributed by atoms with Gasteiger partial charge in [-0.25, -0.2) is 0 Å². The first kappa shape index (κ1) is 22.7. The van der Waals surface area contributed by atoms with Gasteiger partial charge in [0.05, 0.1) is 12.5 Å². The van der Waals surface area contributed by atoms with Crippen molar-refractivity contribution >= 4 is 25.6 Å². The Kier molecular flexibility index (Phi) is 6.89. The van der Waals surface area contributed by atoms with Crippen molar-refractivity contribution in [2.24, 2.45) is 0 Å². The SMILES string of the molecule is C=CCC(=O)OC(C)C[C-](S(=O)(=O)C(F)(F)F)S(=O)(=O)C(F)(F)F. The monoisotopic (exact) mass is 405 g/mol. The lowest BCUT2D eigenvalue weighted by atomic mass is 10.3. The fraction of sp³-hybridized carbons (Fsp3) is 0.600. The fourth-order valence-electron chi connectivity index (χ4n) is 1.29. The Balaban J connectivity index is 5.87. The summed E-state index contributed by atoms with van der Waals surface area (Å²) >= 11 is 0. The smallest absolute Gasteiger partial charge is 0.465 e. The Bertz CT molecular complexity index is 632. The molecule has 0 aromatic carbocycles.